The maximum atomic E-state index is 13.7. The van der Waals surface area contributed by atoms with Crippen molar-refractivity contribution in [2.24, 2.45) is 0 Å². The minimum atomic E-state index is -4.03. The van der Waals surface area contributed by atoms with Gasteiger partial charge < -0.3 is 15.5 Å². The van der Waals surface area contributed by atoms with E-state index in [9.17, 15) is 28.2 Å². The monoisotopic (exact) mass is 319 g/mol. The van der Waals surface area contributed by atoms with E-state index in [2.05, 4.69) is 0 Å². The third-order valence-electron chi connectivity index (χ3n) is 3.42. The van der Waals surface area contributed by atoms with Crippen molar-refractivity contribution in [2.45, 2.75) is 51.4 Å². The minimum Gasteiger partial charge on any atom is -0.386 e. The van der Waals surface area contributed by atoms with Crippen molar-refractivity contribution in [3.63, 3.8) is 0 Å². The van der Waals surface area contributed by atoms with Crippen LogP contribution < -0.4 is 5.32 Å². The molecule has 1 aromatic rings. The average Bonchev–Trinajstić information content (AvgIpc) is 2.39. The lowest BCUT2D eigenvalue weighted by Crippen LogP contribution is -2.56. The van der Waals surface area contributed by atoms with Crippen LogP contribution in [0.5, 0.6) is 0 Å². The summed E-state index contributed by atoms with van der Waals surface area (Å²) in [5.74, 6) is -6.28. The van der Waals surface area contributed by atoms with Gasteiger partial charge in [-0.3, -0.25) is 4.79 Å². The van der Waals surface area contributed by atoms with Crippen LogP contribution in [0.4, 0.5) is 13.2 Å². The molecule has 0 aromatic heterocycles. The molecule has 0 aliphatic rings. The molecule has 0 radical (unpaired) electrons. The lowest BCUT2D eigenvalue weighted by Gasteiger charge is -2.30. The number of hydrogen-bond donors (Lipinski definition) is 3. The Labute approximate surface area is 127 Å². The van der Waals surface area contributed by atoms with Crippen LogP contribution in [-0.2, 0) is 4.79 Å². The third-order valence-corrected chi connectivity index (χ3v) is 3.42. The zero-order valence-corrected chi connectivity index (χ0v) is 12.8. The SMILES string of the molecule is Cc1ccc(C(O)C(C)NC(=O)C(F)(F)C(C)(C)O)cc1F. The van der Waals surface area contributed by atoms with Gasteiger partial charge in [-0.2, -0.15) is 8.78 Å². The summed E-state index contributed by atoms with van der Waals surface area (Å²) in [5, 5.41) is 21.3. The Balaban J connectivity index is 2.86. The summed E-state index contributed by atoms with van der Waals surface area (Å²) >= 11 is 0. The van der Waals surface area contributed by atoms with Gasteiger partial charge in [0.1, 0.15) is 11.4 Å². The number of nitrogens with one attached hydrogen (secondary N) is 1. The van der Waals surface area contributed by atoms with Gasteiger partial charge in [0.15, 0.2) is 0 Å². The van der Waals surface area contributed by atoms with E-state index < -0.39 is 35.4 Å². The molecule has 1 rings (SSSR count). The lowest BCUT2D eigenvalue weighted by atomic mass is 9.98. The van der Waals surface area contributed by atoms with E-state index in [0.717, 1.165) is 19.9 Å². The van der Waals surface area contributed by atoms with Crippen LogP contribution in [0.15, 0.2) is 18.2 Å². The summed E-state index contributed by atoms with van der Waals surface area (Å²) in [6, 6.07) is 2.87. The van der Waals surface area contributed by atoms with E-state index >= 15 is 0 Å². The van der Waals surface area contributed by atoms with Crippen LogP contribution >= 0.6 is 0 Å². The molecule has 0 aliphatic heterocycles. The fourth-order valence-electron chi connectivity index (χ4n) is 1.74. The van der Waals surface area contributed by atoms with E-state index in [-0.39, 0.29) is 5.56 Å². The number of hydrogen-bond acceptors (Lipinski definition) is 3. The largest absolute Gasteiger partial charge is 0.386 e. The number of aliphatic hydroxyl groups excluding tert-OH is 1. The standard InChI is InChI=1S/C15H20F3NO3/c1-8-5-6-10(7-11(8)16)12(20)9(2)19-13(21)15(17,18)14(3,4)22/h5-7,9,12,20,22H,1-4H3,(H,19,21). The topological polar surface area (TPSA) is 69.6 Å². The van der Waals surface area contributed by atoms with Gasteiger partial charge in [0.05, 0.1) is 12.1 Å². The van der Waals surface area contributed by atoms with Gasteiger partial charge in [-0.05, 0) is 44.9 Å². The molecule has 0 fully saturated rings. The molecular weight excluding hydrogens is 299 g/mol. The van der Waals surface area contributed by atoms with Gasteiger partial charge in [-0.25, -0.2) is 4.39 Å². The molecule has 0 saturated carbocycles. The van der Waals surface area contributed by atoms with Gasteiger partial charge >= 0.3 is 5.92 Å². The predicted molar refractivity (Wildman–Crippen MR) is 74.9 cm³/mol. The zero-order chi connectivity index (χ0) is 17.3. The Morgan fingerprint density at radius 2 is 1.86 bits per heavy atom. The van der Waals surface area contributed by atoms with Crippen molar-refractivity contribution in [1.82, 2.24) is 5.32 Å². The Hall–Kier alpha value is -1.60. The van der Waals surface area contributed by atoms with Crippen LogP contribution in [0.25, 0.3) is 0 Å². The molecule has 3 N–H and O–H groups in total. The first-order chi connectivity index (χ1) is 9.87. The second-order valence-electron chi connectivity index (χ2n) is 5.85. The smallest absolute Gasteiger partial charge is 0.351 e. The number of halogens is 3. The Morgan fingerprint density at radius 1 is 1.32 bits per heavy atom. The quantitative estimate of drug-likeness (QED) is 0.778. The number of benzene rings is 1. The predicted octanol–water partition coefficient (Wildman–Crippen LogP) is 2.08. The van der Waals surface area contributed by atoms with E-state index in [4.69, 9.17) is 0 Å². The van der Waals surface area contributed by atoms with E-state index in [1.165, 1.54) is 19.1 Å². The van der Waals surface area contributed by atoms with Gasteiger partial charge in [0.25, 0.3) is 5.91 Å². The highest BCUT2D eigenvalue weighted by Gasteiger charge is 2.52. The summed E-state index contributed by atoms with van der Waals surface area (Å²) < 4.78 is 40.8. The van der Waals surface area contributed by atoms with Gasteiger partial charge in [-0.15, -0.1) is 0 Å². The number of aliphatic hydroxyl groups is 2. The zero-order valence-electron chi connectivity index (χ0n) is 12.8. The van der Waals surface area contributed by atoms with Gasteiger partial charge in [0.2, 0.25) is 0 Å². The van der Waals surface area contributed by atoms with E-state index in [1.807, 2.05) is 5.32 Å². The molecule has 0 heterocycles. The summed E-state index contributed by atoms with van der Waals surface area (Å²) in [4.78, 5) is 11.6. The molecule has 2 atom stereocenters. The van der Waals surface area contributed by atoms with Gasteiger partial charge in [-0.1, -0.05) is 12.1 Å². The highest BCUT2D eigenvalue weighted by Crippen LogP contribution is 2.29. The van der Waals surface area contributed by atoms with Gasteiger partial charge in [0, 0.05) is 0 Å². The molecule has 7 heteroatoms. The Kier molecular flexibility index (Phi) is 5.25. The summed E-state index contributed by atoms with van der Waals surface area (Å²) in [7, 11) is 0. The number of aryl methyl sites for hydroxylation is 1. The van der Waals surface area contributed by atoms with Crippen molar-refractivity contribution in [2.75, 3.05) is 0 Å². The van der Waals surface area contributed by atoms with Crippen molar-refractivity contribution < 1.29 is 28.2 Å². The van der Waals surface area contributed by atoms with Crippen LogP contribution in [0.3, 0.4) is 0 Å². The molecule has 0 bridgehead atoms. The van der Waals surface area contributed by atoms with Crippen LogP contribution in [0, 0.1) is 12.7 Å². The normalized spacial score (nSPS) is 15.3. The Morgan fingerprint density at radius 3 is 2.32 bits per heavy atom. The fraction of sp³-hybridized carbons (Fsp3) is 0.533. The maximum Gasteiger partial charge on any atom is 0.351 e. The van der Waals surface area contributed by atoms with E-state index in [1.54, 1.807) is 6.92 Å². The first-order valence-corrected chi connectivity index (χ1v) is 6.73. The third kappa shape index (κ3) is 3.78. The molecule has 22 heavy (non-hydrogen) atoms. The van der Waals surface area contributed by atoms with Crippen molar-refractivity contribution >= 4 is 5.91 Å². The first kappa shape index (κ1) is 18.4. The van der Waals surface area contributed by atoms with Crippen LogP contribution in [0.1, 0.15) is 38.0 Å². The second-order valence-corrected chi connectivity index (χ2v) is 5.85. The molecule has 1 amide bonds. The lowest BCUT2D eigenvalue weighted by molar-refractivity contribution is -0.183. The molecule has 2 unspecified atom stereocenters. The van der Waals surface area contributed by atoms with E-state index in [0.29, 0.717) is 5.56 Å². The fourth-order valence-corrected chi connectivity index (χ4v) is 1.74. The highest BCUT2D eigenvalue weighted by molar-refractivity contribution is 5.85. The van der Waals surface area contributed by atoms with Crippen LogP contribution in [0.2, 0.25) is 0 Å². The van der Waals surface area contributed by atoms with Crippen molar-refractivity contribution in [1.29, 1.82) is 0 Å². The maximum absolute atomic E-state index is 13.7. The molecule has 4 nitrogen and oxygen atoms in total. The van der Waals surface area contributed by atoms with Crippen molar-refractivity contribution in [3.05, 3.63) is 35.1 Å². The molecule has 0 spiro atoms. The van der Waals surface area contributed by atoms with Crippen LogP contribution in [-0.4, -0.2) is 33.7 Å². The van der Waals surface area contributed by atoms with Crippen molar-refractivity contribution in [3.8, 4) is 0 Å². The number of carbonyl (C=O) groups is 1. The molecule has 0 aliphatic carbocycles. The Bertz CT molecular complexity index is 555. The average molecular weight is 319 g/mol. The number of alkyl halides is 2. The number of amides is 1. The summed E-state index contributed by atoms with van der Waals surface area (Å²) in [6.07, 6.45) is -1.36. The minimum absolute atomic E-state index is 0.155. The first-order valence-electron chi connectivity index (χ1n) is 6.73. The highest BCUT2D eigenvalue weighted by atomic mass is 19.3. The molecule has 1 aromatic carbocycles. The molecular formula is C15H20F3NO3. The summed E-state index contributed by atoms with van der Waals surface area (Å²) in [6.45, 7) is 4.47. The number of rotatable bonds is 5. The molecule has 124 valence electrons. The summed E-state index contributed by atoms with van der Waals surface area (Å²) in [5.41, 5.74) is -2.01. The second kappa shape index (κ2) is 6.26. The number of carbonyl (C=O) groups excluding carboxylic acids is 1. The molecule has 0 saturated heterocycles.